The standard InChI is InChI=1S/C13H18BrClN2/c1-2-17-8-6-10(7-9-17)16-12-5-3-4-11(15)13(12)14/h3-5,10,16H,2,6-9H2,1H3. The molecule has 1 aliphatic heterocycles. The van der Waals surface area contributed by atoms with E-state index in [1.165, 1.54) is 25.9 Å². The van der Waals surface area contributed by atoms with E-state index in [2.05, 4.69) is 39.1 Å². The fraction of sp³-hybridized carbons (Fsp3) is 0.538. The Bertz CT molecular complexity index is 376. The predicted molar refractivity (Wildman–Crippen MR) is 77.9 cm³/mol. The summed E-state index contributed by atoms with van der Waals surface area (Å²) < 4.78 is 0.972. The Morgan fingerprint density at radius 3 is 2.76 bits per heavy atom. The van der Waals surface area contributed by atoms with E-state index >= 15 is 0 Å². The maximum absolute atomic E-state index is 6.08. The van der Waals surface area contributed by atoms with Crippen molar-refractivity contribution in [3.05, 3.63) is 27.7 Å². The summed E-state index contributed by atoms with van der Waals surface area (Å²) in [7, 11) is 0. The van der Waals surface area contributed by atoms with Crippen LogP contribution in [0.1, 0.15) is 19.8 Å². The Hall–Kier alpha value is -0.250. The molecule has 1 N–H and O–H groups in total. The Kier molecular flexibility index (Phi) is 4.71. The third-order valence-corrected chi connectivity index (χ3v) is 4.74. The summed E-state index contributed by atoms with van der Waals surface area (Å²) in [6.07, 6.45) is 2.40. The Labute approximate surface area is 116 Å². The number of rotatable bonds is 3. The van der Waals surface area contributed by atoms with Gasteiger partial charge in [0.05, 0.1) is 15.2 Å². The van der Waals surface area contributed by atoms with Gasteiger partial charge in [0.15, 0.2) is 0 Å². The first kappa shape index (κ1) is 13.2. The van der Waals surface area contributed by atoms with Gasteiger partial charge in [-0.15, -0.1) is 0 Å². The van der Waals surface area contributed by atoms with Crippen LogP contribution in [0.25, 0.3) is 0 Å². The maximum Gasteiger partial charge on any atom is 0.0593 e. The molecule has 17 heavy (non-hydrogen) atoms. The van der Waals surface area contributed by atoms with Gasteiger partial charge in [0.1, 0.15) is 0 Å². The van der Waals surface area contributed by atoms with Crippen molar-refractivity contribution in [3.63, 3.8) is 0 Å². The molecule has 0 atom stereocenters. The van der Waals surface area contributed by atoms with Crippen molar-refractivity contribution in [1.82, 2.24) is 4.90 Å². The first-order chi connectivity index (χ1) is 8.20. The van der Waals surface area contributed by atoms with Crippen molar-refractivity contribution >= 4 is 33.2 Å². The van der Waals surface area contributed by atoms with E-state index < -0.39 is 0 Å². The number of halogens is 2. The van der Waals surface area contributed by atoms with Gasteiger partial charge in [0, 0.05) is 19.1 Å². The number of benzene rings is 1. The third-order valence-electron chi connectivity index (χ3n) is 3.35. The second kappa shape index (κ2) is 6.07. The lowest BCUT2D eigenvalue weighted by Gasteiger charge is -2.32. The van der Waals surface area contributed by atoms with Gasteiger partial charge in [0.2, 0.25) is 0 Å². The summed E-state index contributed by atoms with van der Waals surface area (Å²) in [6, 6.07) is 6.52. The molecule has 0 amide bonds. The number of nitrogens with zero attached hydrogens (tertiary/aromatic N) is 1. The first-order valence-electron chi connectivity index (χ1n) is 6.13. The van der Waals surface area contributed by atoms with Crippen molar-refractivity contribution in [3.8, 4) is 0 Å². The topological polar surface area (TPSA) is 15.3 Å². The van der Waals surface area contributed by atoms with Crippen molar-refractivity contribution < 1.29 is 0 Å². The highest BCUT2D eigenvalue weighted by molar-refractivity contribution is 9.10. The molecule has 4 heteroatoms. The van der Waals surface area contributed by atoms with Gasteiger partial charge in [-0.1, -0.05) is 24.6 Å². The molecule has 94 valence electrons. The van der Waals surface area contributed by atoms with E-state index in [0.717, 1.165) is 21.7 Å². The van der Waals surface area contributed by atoms with E-state index in [1.54, 1.807) is 0 Å². The van der Waals surface area contributed by atoms with Crippen molar-refractivity contribution in [2.24, 2.45) is 0 Å². The number of hydrogen-bond donors (Lipinski definition) is 1. The highest BCUT2D eigenvalue weighted by Gasteiger charge is 2.18. The van der Waals surface area contributed by atoms with Gasteiger partial charge in [0.25, 0.3) is 0 Å². The minimum absolute atomic E-state index is 0.563. The minimum atomic E-state index is 0.563. The van der Waals surface area contributed by atoms with Crippen LogP contribution in [0.3, 0.4) is 0 Å². The largest absolute Gasteiger partial charge is 0.381 e. The molecule has 0 saturated carbocycles. The fourth-order valence-corrected chi connectivity index (χ4v) is 2.78. The predicted octanol–water partition coefficient (Wildman–Crippen LogP) is 4.00. The molecule has 0 aromatic heterocycles. The van der Waals surface area contributed by atoms with E-state index in [0.29, 0.717) is 6.04 Å². The zero-order valence-corrected chi connectivity index (χ0v) is 12.4. The van der Waals surface area contributed by atoms with Gasteiger partial charge in [-0.2, -0.15) is 0 Å². The van der Waals surface area contributed by atoms with Crippen LogP contribution in [0.5, 0.6) is 0 Å². The lowest BCUT2D eigenvalue weighted by atomic mass is 10.0. The number of nitrogens with one attached hydrogen (secondary N) is 1. The molecule has 1 aromatic rings. The van der Waals surface area contributed by atoms with Crippen LogP contribution in [0, 0.1) is 0 Å². The SMILES string of the molecule is CCN1CCC(Nc2cccc(Cl)c2Br)CC1. The average Bonchev–Trinajstić information content (AvgIpc) is 2.36. The molecule has 0 radical (unpaired) electrons. The van der Waals surface area contributed by atoms with Crippen LogP contribution in [-0.4, -0.2) is 30.6 Å². The molecule has 1 aliphatic rings. The van der Waals surface area contributed by atoms with Gasteiger partial charge in [-0.25, -0.2) is 0 Å². The van der Waals surface area contributed by atoms with Crippen molar-refractivity contribution in [1.29, 1.82) is 0 Å². The summed E-state index contributed by atoms with van der Waals surface area (Å²) in [5.74, 6) is 0. The number of piperidine rings is 1. The number of anilines is 1. The molecule has 1 aromatic carbocycles. The third kappa shape index (κ3) is 3.36. The summed E-state index contributed by atoms with van der Waals surface area (Å²) in [5.41, 5.74) is 1.10. The molecule has 0 spiro atoms. The molecule has 1 heterocycles. The number of hydrogen-bond acceptors (Lipinski definition) is 2. The van der Waals surface area contributed by atoms with Crippen LogP contribution in [-0.2, 0) is 0 Å². The fourth-order valence-electron chi connectivity index (χ4n) is 2.23. The second-order valence-corrected chi connectivity index (χ2v) is 5.65. The number of likely N-dealkylation sites (tertiary alicyclic amines) is 1. The molecule has 0 aliphatic carbocycles. The van der Waals surface area contributed by atoms with Crippen LogP contribution >= 0.6 is 27.5 Å². The Morgan fingerprint density at radius 2 is 2.12 bits per heavy atom. The van der Waals surface area contributed by atoms with Gasteiger partial charge < -0.3 is 10.2 Å². The van der Waals surface area contributed by atoms with Crippen LogP contribution < -0.4 is 5.32 Å². The molecule has 0 bridgehead atoms. The van der Waals surface area contributed by atoms with Crippen LogP contribution in [0.2, 0.25) is 5.02 Å². The summed E-state index contributed by atoms with van der Waals surface area (Å²) >= 11 is 9.61. The molecule has 2 rings (SSSR count). The average molecular weight is 318 g/mol. The summed E-state index contributed by atoms with van der Waals surface area (Å²) in [4.78, 5) is 2.49. The van der Waals surface area contributed by atoms with Crippen LogP contribution in [0.15, 0.2) is 22.7 Å². The van der Waals surface area contributed by atoms with Crippen LogP contribution in [0.4, 0.5) is 5.69 Å². The first-order valence-corrected chi connectivity index (χ1v) is 7.30. The minimum Gasteiger partial charge on any atom is -0.381 e. The van der Waals surface area contributed by atoms with Gasteiger partial charge >= 0.3 is 0 Å². The molecule has 1 saturated heterocycles. The summed E-state index contributed by atoms with van der Waals surface area (Å²) in [5, 5.41) is 4.34. The molecule has 2 nitrogen and oxygen atoms in total. The normalized spacial score (nSPS) is 18.3. The zero-order valence-electron chi connectivity index (χ0n) is 10.0. The Balaban J connectivity index is 1.95. The highest BCUT2D eigenvalue weighted by atomic mass is 79.9. The summed E-state index contributed by atoms with van der Waals surface area (Å²) in [6.45, 7) is 5.76. The van der Waals surface area contributed by atoms with Gasteiger partial charge in [-0.3, -0.25) is 0 Å². The van der Waals surface area contributed by atoms with E-state index in [-0.39, 0.29) is 0 Å². The molecule has 1 fully saturated rings. The van der Waals surface area contributed by atoms with E-state index in [9.17, 15) is 0 Å². The smallest absolute Gasteiger partial charge is 0.0593 e. The quantitative estimate of drug-likeness (QED) is 0.906. The maximum atomic E-state index is 6.08. The van der Waals surface area contributed by atoms with Crippen molar-refractivity contribution in [2.45, 2.75) is 25.8 Å². The molecular weight excluding hydrogens is 300 g/mol. The molecule has 0 unspecified atom stereocenters. The monoisotopic (exact) mass is 316 g/mol. The van der Waals surface area contributed by atoms with Gasteiger partial charge in [-0.05, 0) is 47.4 Å². The second-order valence-electron chi connectivity index (χ2n) is 4.45. The van der Waals surface area contributed by atoms with E-state index in [1.807, 2.05) is 12.1 Å². The zero-order chi connectivity index (χ0) is 12.3. The van der Waals surface area contributed by atoms with Crippen molar-refractivity contribution in [2.75, 3.05) is 25.0 Å². The van der Waals surface area contributed by atoms with E-state index in [4.69, 9.17) is 11.6 Å². The lowest BCUT2D eigenvalue weighted by Crippen LogP contribution is -2.38. The highest BCUT2D eigenvalue weighted by Crippen LogP contribution is 2.31. The molecular formula is C13H18BrClN2. The lowest BCUT2D eigenvalue weighted by molar-refractivity contribution is 0.229. The Morgan fingerprint density at radius 1 is 1.41 bits per heavy atom.